The molecule has 9 heteroatoms. The summed E-state index contributed by atoms with van der Waals surface area (Å²) in [4.78, 5) is 6.89. The zero-order valence-electron chi connectivity index (χ0n) is 17.2. The molecule has 31 heavy (non-hydrogen) atoms. The Morgan fingerprint density at radius 1 is 1.39 bits per heavy atom. The maximum Gasteiger partial charge on any atom is 0.178 e. The maximum atomic E-state index is 14.8. The highest BCUT2D eigenvalue weighted by molar-refractivity contribution is 9.10. The van der Waals surface area contributed by atoms with Crippen LogP contribution in [0.15, 0.2) is 26.3 Å². The molecule has 166 valence electrons. The summed E-state index contributed by atoms with van der Waals surface area (Å²) < 4.78 is 43.5. The van der Waals surface area contributed by atoms with Gasteiger partial charge in [-0.25, -0.2) is 8.78 Å². The smallest absolute Gasteiger partial charge is 0.178 e. The van der Waals surface area contributed by atoms with E-state index in [0.29, 0.717) is 47.6 Å². The van der Waals surface area contributed by atoms with Gasteiger partial charge >= 0.3 is 0 Å². The number of aryl methyl sites for hydroxylation is 1. The van der Waals surface area contributed by atoms with Crippen molar-refractivity contribution in [1.82, 2.24) is 14.6 Å². The summed E-state index contributed by atoms with van der Waals surface area (Å²) in [5, 5.41) is 3.42. The van der Waals surface area contributed by atoms with Crippen LogP contribution >= 0.6 is 15.9 Å². The molecule has 3 atom stereocenters. The zero-order chi connectivity index (χ0) is 21.2. The predicted molar refractivity (Wildman–Crippen MR) is 114 cm³/mol. The van der Waals surface area contributed by atoms with E-state index in [2.05, 4.69) is 31.1 Å². The van der Waals surface area contributed by atoms with Crippen molar-refractivity contribution in [1.29, 1.82) is 0 Å². The Hall–Kier alpha value is -1.71. The van der Waals surface area contributed by atoms with E-state index in [1.165, 1.54) is 6.07 Å². The van der Waals surface area contributed by atoms with Crippen molar-refractivity contribution in [2.24, 2.45) is 4.99 Å². The first-order valence-corrected chi connectivity index (χ1v) is 11.8. The Labute approximate surface area is 187 Å². The predicted octanol–water partition coefficient (Wildman–Crippen LogP) is 3.79. The molecule has 1 aliphatic carbocycles. The molecule has 2 aromatic heterocycles. The first-order chi connectivity index (χ1) is 15.1. The van der Waals surface area contributed by atoms with Crippen molar-refractivity contribution in [2.75, 3.05) is 26.4 Å². The molecule has 2 aromatic rings. The second-order valence-electron chi connectivity index (χ2n) is 9.09. The standard InChI is InChI=1S/C22H25BrF2N4O2/c23-20-14(25)7-16-18(31-11-22-5-2-6-28(22)9-13(24)8-22)10-30-17-4-1-3-15-19(17)21(29(16)20)27-12-26-15/h7,10,13,15,26H,1-6,8-9,11-12H2/t13-,15-,22+/m1/s1. The van der Waals surface area contributed by atoms with Gasteiger partial charge in [0.1, 0.15) is 34.9 Å². The first-order valence-electron chi connectivity index (χ1n) is 11.0. The summed E-state index contributed by atoms with van der Waals surface area (Å²) in [5.74, 6) is 0.913. The maximum absolute atomic E-state index is 14.8. The molecule has 0 amide bonds. The molecule has 4 aliphatic rings. The molecule has 0 aromatic carbocycles. The fourth-order valence-electron chi connectivity index (χ4n) is 5.85. The number of halogens is 3. The van der Waals surface area contributed by atoms with Gasteiger partial charge in [0.15, 0.2) is 11.6 Å². The first kappa shape index (κ1) is 19.9. The molecule has 0 radical (unpaired) electrons. The van der Waals surface area contributed by atoms with Gasteiger partial charge in [0.25, 0.3) is 0 Å². The molecule has 2 fully saturated rings. The van der Waals surface area contributed by atoms with E-state index in [9.17, 15) is 8.78 Å². The van der Waals surface area contributed by atoms with Crippen LogP contribution in [-0.4, -0.2) is 47.4 Å². The SMILES string of the molecule is Fc1cc2c(OC[C@@]34CCCN3C[C@H](F)C4)coc3c4c(n2c1Br)=NCN[C@@H]4CCC3. The summed E-state index contributed by atoms with van der Waals surface area (Å²) >= 11 is 3.42. The molecule has 6 nitrogen and oxygen atoms in total. The van der Waals surface area contributed by atoms with Crippen LogP contribution in [0.5, 0.6) is 5.75 Å². The van der Waals surface area contributed by atoms with Gasteiger partial charge in [0.05, 0.1) is 23.3 Å². The van der Waals surface area contributed by atoms with E-state index in [0.717, 1.165) is 50.0 Å². The van der Waals surface area contributed by atoms with Crippen LogP contribution in [0.4, 0.5) is 8.78 Å². The fourth-order valence-corrected chi connectivity index (χ4v) is 6.33. The van der Waals surface area contributed by atoms with Crippen molar-refractivity contribution in [3.8, 4) is 5.75 Å². The lowest BCUT2D eigenvalue weighted by atomic mass is 9.92. The van der Waals surface area contributed by atoms with Gasteiger partial charge in [0.2, 0.25) is 0 Å². The third-order valence-corrected chi connectivity index (χ3v) is 8.01. The van der Waals surface area contributed by atoms with Crippen LogP contribution in [0.2, 0.25) is 0 Å². The van der Waals surface area contributed by atoms with Crippen LogP contribution in [0.3, 0.4) is 0 Å². The van der Waals surface area contributed by atoms with Gasteiger partial charge in [-0.3, -0.25) is 19.6 Å². The minimum absolute atomic E-state index is 0.142. The van der Waals surface area contributed by atoms with Gasteiger partial charge in [-0.1, -0.05) is 0 Å². The van der Waals surface area contributed by atoms with E-state index in [-0.39, 0.29) is 17.4 Å². The number of ether oxygens (including phenoxy) is 1. The lowest BCUT2D eigenvalue weighted by Gasteiger charge is -2.31. The molecule has 0 bridgehead atoms. The summed E-state index contributed by atoms with van der Waals surface area (Å²) in [6, 6.07) is 1.59. The minimum atomic E-state index is -0.821. The number of nitrogens with zero attached hydrogens (tertiary/aromatic N) is 3. The van der Waals surface area contributed by atoms with Crippen molar-refractivity contribution in [2.45, 2.75) is 56.3 Å². The number of aromatic nitrogens is 1. The third-order valence-electron chi connectivity index (χ3n) is 7.28. The normalized spacial score (nSPS) is 29.5. The van der Waals surface area contributed by atoms with Crippen molar-refractivity contribution in [3.05, 3.63) is 39.6 Å². The monoisotopic (exact) mass is 494 g/mol. The Balaban J connectivity index is 1.50. The molecule has 6 rings (SSSR count). The van der Waals surface area contributed by atoms with Crippen molar-refractivity contribution < 1.29 is 17.9 Å². The molecule has 1 N–H and O–H groups in total. The summed E-state index contributed by atoms with van der Waals surface area (Å²) in [7, 11) is 0. The van der Waals surface area contributed by atoms with Gasteiger partial charge in [0, 0.05) is 31.5 Å². The van der Waals surface area contributed by atoms with Gasteiger partial charge in [-0.2, -0.15) is 0 Å². The third kappa shape index (κ3) is 3.11. The highest BCUT2D eigenvalue weighted by Crippen LogP contribution is 2.41. The molecular formula is C22H25BrF2N4O2. The Kier molecular flexibility index (Phi) is 4.77. The average Bonchev–Trinajstić information content (AvgIpc) is 3.36. The molecule has 0 spiro atoms. The Bertz CT molecular complexity index is 1150. The van der Waals surface area contributed by atoms with Crippen molar-refractivity contribution in [3.63, 3.8) is 0 Å². The number of hydrogen-bond donors (Lipinski definition) is 1. The van der Waals surface area contributed by atoms with Crippen molar-refractivity contribution >= 4 is 21.4 Å². The summed E-state index contributed by atoms with van der Waals surface area (Å²) in [6.45, 7) is 2.20. The number of rotatable bonds is 3. The van der Waals surface area contributed by atoms with E-state index >= 15 is 0 Å². The highest BCUT2D eigenvalue weighted by Gasteiger charge is 2.49. The van der Waals surface area contributed by atoms with Gasteiger partial charge in [-0.15, -0.1) is 0 Å². The second kappa shape index (κ2) is 7.42. The molecule has 0 unspecified atom stereocenters. The number of hydrogen-bond acceptors (Lipinski definition) is 5. The highest BCUT2D eigenvalue weighted by atomic mass is 79.9. The summed E-state index contributed by atoms with van der Waals surface area (Å²) in [5.41, 5.74) is 1.95. The fraction of sp³-hybridized carbons (Fsp3) is 0.591. The molecule has 3 aliphatic heterocycles. The molecule has 2 saturated heterocycles. The lowest BCUT2D eigenvalue weighted by Crippen LogP contribution is -2.43. The summed E-state index contributed by atoms with van der Waals surface area (Å²) in [6.07, 6.45) is 6.01. The number of fused-ring (bicyclic) bond motifs is 3. The Morgan fingerprint density at radius 2 is 2.29 bits per heavy atom. The quantitative estimate of drug-likeness (QED) is 0.705. The average molecular weight is 495 g/mol. The largest absolute Gasteiger partial charge is 0.486 e. The van der Waals surface area contributed by atoms with Crippen LogP contribution in [0.1, 0.15) is 49.5 Å². The van der Waals surface area contributed by atoms with Crippen LogP contribution in [0.25, 0.3) is 5.52 Å². The van der Waals surface area contributed by atoms with E-state index in [4.69, 9.17) is 9.15 Å². The second-order valence-corrected chi connectivity index (χ2v) is 9.84. The number of nitrogens with one attached hydrogen (secondary N) is 1. The van der Waals surface area contributed by atoms with Gasteiger partial charge in [-0.05, 0) is 48.2 Å². The lowest BCUT2D eigenvalue weighted by molar-refractivity contribution is 0.113. The molecule has 5 heterocycles. The van der Waals surface area contributed by atoms with E-state index < -0.39 is 6.17 Å². The van der Waals surface area contributed by atoms with E-state index in [1.54, 1.807) is 10.7 Å². The van der Waals surface area contributed by atoms with Gasteiger partial charge < -0.3 is 9.15 Å². The van der Waals surface area contributed by atoms with Crippen LogP contribution in [0, 0.1) is 5.82 Å². The zero-order valence-corrected chi connectivity index (χ0v) is 18.8. The van der Waals surface area contributed by atoms with Crippen LogP contribution in [-0.2, 0) is 6.42 Å². The molecule has 0 saturated carbocycles. The Morgan fingerprint density at radius 3 is 3.19 bits per heavy atom. The number of alkyl halides is 1. The molecular weight excluding hydrogens is 470 g/mol. The van der Waals surface area contributed by atoms with Crippen LogP contribution < -0.4 is 15.5 Å². The van der Waals surface area contributed by atoms with E-state index in [1.807, 2.05) is 0 Å². The topological polar surface area (TPSA) is 54.4 Å². The minimum Gasteiger partial charge on any atom is -0.486 e.